The lowest BCUT2D eigenvalue weighted by molar-refractivity contribution is 0.692. The molecule has 1 N–H and O–H groups in total. The molecule has 1 nitrogen and oxygen atoms in total. The first-order valence-electron chi connectivity index (χ1n) is 4.80. The summed E-state index contributed by atoms with van der Waals surface area (Å²) in [6.45, 7) is 1.97. The summed E-state index contributed by atoms with van der Waals surface area (Å²) in [7, 11) is 0. The molecule has 0 bridgehead atoms. The zero-order valence-corrected chi connectivity index (χ0v) is 10.6. The predicted molar refractivity (Wildman–Crippen MR) is 69.1 cm³/mol. The topological polar surface area (TPSA) is 12.0 Å². The van der Waals surface area contributed by atoms with E-state index in [0.29, 0.717) is 0 Å². The van der Waals surface area contributed by atoms with Gasteiger partial charge in [0.05, 0.1) is 4.34 Å². The SMILES string of the molecule is Clc1ccc(CCNCc2ccsc2)s1. The molecule has 0 unspecified atom stereocenters. The Labute approximate surface area is 103 Å². The molecule has 0 aliphatic rings. The van der Waals surface area contributed by atoms with Crippen LogP contribution in [-0.2, 0) is 13.0 Å². The monoisotopic (exact) mass is 257 g/mol. The summed E-state index contributed by atoms with van der Waals surface area (Å²) in [5.74, 6) is 0. The third-order valence-corrected chi connectivity index (χ3v) is 4.11. The van der Waals surface area contributed by atoms with Gasteiger partial charge >= 0.3 is 0 Å². The van der Waals surface area contributed by atoms with E-state index >= 15 is 0 Å². The summed E-state index contributed by atoms with van der Waals surface area (Å²) in [4.78, 5) is 1.35. The maximum absolute atomic E-state index is 5.85. The van der Waals surface area contributed by atoms with Crippen LogP contribution in [0.2, 0.25) is 4.34 Å². The summed E-state index contributed by atoms with van der Waals surface area (Å²) in [5, 5.41) is 7.70. The molecule has 0 saturated heterocycles. The van der Waals surface area contributed by atoms with Crippen LogP contribution < -0.4 is 5.32 Å². The van der Waals surface area contributed by atoms with Gasteiger partial charge < -0.3 is 5.32 Å². The van der Waals surface area contributed by atoms with Crippen molar-refractivity contribution in [3.8, 4) is 0 Å². The second-order valence-electron chi connectivity index (χ2n) is 3.26. The average Bonchev–Trinajstić information content (AvgIpc) is 2.84. The number of halogens is 1. The van der Waals surface area contributed by atoms with Crippen LogP contribution in [0.1, 0.15) is 10.4 Å². The Kier molecular flexibility index (Phi) is 4.20. The number of nitrogens with one attached hydrogen (secondary N) is 1. The molecule has 2 aromatic rings. The molecule has 0 aliphatic carbocycles. The zero-order valence-electron chi connectivity index (χ0n) is 8.20. The van der Waals surface area contributed by atoms with E-state index < -0.39 is 0 Å². The van der Waals surface area contributed by atoms with E-state index in [-0.39, 0.29) is 0 Å². The molecule has 2 aromatic heterocycles. The van der Waals surface area contributed by atoms with Crippen LogP contribution in [0.25, 0.3) is 0 Å². The summed E-state index contributed by atoms with van der Waals surface area (Å²) in [6.07, 6.45) is 1.06. The van der Waals surface area contributed by atoms with Gasteiger partial charge in [0.2, 0.25) is 0 Å². The largest absolute Gasteiger partial charge is 0.312 e. The van der Waals surface area contributed by atoms with Crippen molar-refractivity contribution in [2.24, 2.45) is 0 Å². The van der Waals surface area contributed by atoms with E-state index in [1.807, 2.05) is 6.07 Å². The molecule has 0 aliphatic heterocycles. The zero-order chi connectivity index (χ0) is 10.5. The molecule has 0 aromatic carbocycles. The number of hydrogen-bond donors (Lipinski definition) is 1. The third kappa shape index (κ3) is 3.61. The maximum atomic E-state index is 5.85. The van der Waals surface area contributed by atoms with Crippen molar-refractivity contribution in [2.45, 2.75) is 13.0 Å². The van der Waals surface area contributed by atoms with E-state index in [1.165, 1.54) is 10.4 Å². The first-order valence-corrected chi connectivity index (χ1v) is 6.94. The molecule has 2 heterocycles. The molecule has 0 spiro atoms. The van der Waals surface area contributed by atoms with Gasteiger partial charge in [0.1, 0.15) is 0 Å². The number of hydrogen-bond acceptors (Lipinski definition) is 3. The number of rotatable bonds is 5. The highest BCUT2D eigenvalue weighted by Gasteiger charge is 1.97. The third-order valence-electron chi connectivity index (χ3n) is 2.09. The summed E-state index contributed by atoms with van der Waals surface area (Å²) < 4.78 is 0.878. The van der Waals surface area contributed by atoms with Crippen LogP contribution in [0, 0.1) is 0 Å². The Bertz CT molecular complexity index is 394. The highest BCUT2D eigenvalue weighted by atomic mass is 35.5. The van der Waals surface area contributed by atoms with Gasteiger partial charge in [-0.1, -0.05) is 11.6 Å². The van der Waals surface area contributed by atoms with Crippen LogP contribution in [0.4, 0.5) is 0 Å². The first-order chi connectivity index (χ1) is 7.34. The van der Waals surface area contributed by atoms with Crippen LogP contribution in [0.5, 0.6) is 0 Å². The minimum Gasteiger partial charge on any atom is -0.312 e. The van der Waals surface area contributed by atoms with E-state index in [9.17, 15) is 0 Å². The first kappa shape index (κ1) is 11.1. The van der Waals surface area contributed by atoms with E-state index in [2.05, 4.69) is 28.2 Å². The van der Waals surface area contributed by atoms with Gasteiger partial charge in [-0.3, -0.25) is 0 Å². The van der Waals surface area contributed by atoms with Crippen molar-refractivity contribution in [1.29, 1.82) is 0 Å². The molecular weight excluding hydrogens is 246 g/mol. The van der Waals surface area contributed by atoms with Crippen molar-refractivity contribution in [1.82, 2.24) is 5.32 Å². The smallest absolute Gasteiger partial charge is 0.0931 e. The maximum Gasteiger partial charge on any atom is 0.0931 e. The van der Waals surface area contributed by atoms with Crippen molar-refractivity contribution >= 4 is 34.3 Å². The van der Waals surface area contributed by atoms with Gasteiger partial charge in [0.25, 0.3) is 0 Å². The van der Waals surface area contributed by atoms with Gasteiger partial charge in [0, 0.05) is 18.0 Å². The minimum atomic E-state index is 0.878. The lowest BCUT2D eigenvalue weighted by atomic mass is 10.3. The van der Waals surface area contributed by atoms with Crippen LogP contribution in [0.3, 0.4) is 0 Å². The highest BCUT2D eigenvalue weighted by molar-refractivity contribution is 7.16. The molecule has 0 saturated carbocycles. The molecule has 0 amide bonds. The molecule has 4 heteroatoms. The fourth-order valence-corrected chi connectivity index (χ4v) is 3.08. The second-order valence-corrected chi connectivity index (χ2v) is 5.84. The Morgan fingerprint density at radius 1 is 1.27 bits per heavy atom. The summed E-state index contributed by atoms with van der Waals surface area (Å²) in [5.41, 5.74) is 1.37. The van der Waals surface area contributed by atoms with Gasteiger partial charge in [0.15, 0.2) is 0 Å². The molecule has 15 heavy (non-hydrogen) atoms. The number of thiophene rings is 2. The lowest BCUT2D eigenvalue weighted by Crippen LogP contribution is -2.15. The van der Waals surface area contributed by atoms with Crippen LogP contribution in [-0.4, -0.2) is 6.54 Å². The summed E-state index contributed by atoms with van der Waals surface area (Å²) >= 11 is 9.26. The average molecular weight is 258 g/mol. The van der Waals surface area contributed by atoms with Crippen molar-refractivity contribution in [2.75, 3.05) is 6.54 Å². The van der Waals surface area contributed by atoms with Gasteiger partial charge in [-0.05, 0) is 40.9 Å². The molecule has 0 radical (unpaired) electrons. The fraction of sp³-hybridized carbons (Fsp3) is 0.273. The normalized spacial score (nSPS) is 10.7. The van der Waals surface area contributed by atoms with Gasteiger partial charge in [-0.15, -0.1) is 11.3 Å². The van der Waals surface area contributed by atoms with Crippen molar-refractivity contribution in [3.63, 3.8) is 0 Å². The molecule has 80 valence electrons. The van der Waals surface area contributed by atoms with Crippen molar-refractivity contribution < 1.29 is 0 Å². The van der Waals surface area contributed by atoms with Crippen molar-refractivity contribution in [3.05, 3.63) is 43.7 Å². The Morgan fingerprint density at radius 3 is 2.87 bits per heavy atom. The van der Waals surface area contributed by atoms with Crippen LogP contribution in [0.15, 0.2) is 29.0 Å². The van der Waals surface area contributed by atoms with Gasteiger partial charge in [-0.25, -0.2) is 0 Å². The van der Waals surface area contributed by atoms with Gasteiger partial charge in [-0.2, -0.15) is 11.3 Å². The molecular formula is C11H12ClNS2. The molecule has 0 fully saturated rings. The highest BCUT2D eigenvalue weighted by Crippen LogP contribution is 2.21. The summed E-state index contributed by atoms with van der Waals surface area (Å²) in [6, 6.07) is 6.21. The predicted octanol–water partition coefficient (Wildman–Crippen LogP) is 3.80. The Balaban J connectivity index is 1.67. The Morgan fingerprint density at radius 2 is 2.20 bits per heavy atom. The Hall–Kier alpha value is -0.350. The van der Waals surface area contributed by atoms with E-state index in [0.717, 1.165) is 23.8 Å². The minimum absolute atomic E-state index is 0.878. The molecule has 2 rings (SSSR count). The quantitative estimate of drug-likeness (QED) is 0.804. The molecule has 0 atom stereocenters. The van der Waals surface area contributed by atoms with E-state index in [1.54, 1.807) is 22.7 Å². The fourth-order valence-electron chi connectivity index (χ4n) is 1.32. The second kappa shape index (κ2) is 5.66. The van der Waals surface area contributed by atoms with E-state index in [4.69, 9.17) is 11.6 Å². The van der Waals surface area contributed by atoms with Crippen LogP contribution >= 0.6 is 34.3 Å². The standard InChI is InChI=1S/C11H12ClNS2/c12-11-2-1-10(15-11)3-5-13-7-9-4-6-14-8-9/h1-2,4,6,8,13H,3,5,7H2. The lowest BCUT2D eigenvalue weighted by Gasteiger charge is -2.01.